The number of carbonyl (C=O) groups excluding carboxylic acids is 2. The highest BCUT2D eigenvalue weighted by Crippen LogP contribution is 2.18. The van der Waals surface area contributed by atoms with E-state index >= 15 is 0 Å². The maximum atomic E-state index is 11.7. The topological polar surface area (TPSA) is 58.6 Å². The number of esters is 1. The second-order valence-corrected chi connectivity index (χ2v) is 4.05. The van der Waals surface area contributed by atoms with Crippen LogP contribution in [0, 0.1) is 0 Å². The minimum Gasteiger partial charge on any atom is -0.454 e. The van der Waals surface area contributed by atoms with Crippen molar-refractivity contribution in [1.29, 1.82) is 0 Å². The third-order valence-corrected chi connectivity index (χ3v) is 3.00. The molecule has 2 atom stereocenters. The fraction of sp³-hybridized carbons (Fsp3) is 0.800. The van der Waals surface area contributed by atoms with Gasteiger partial charge in [0.2, 0.25) is 0 Å². The molecule has 15 heavy (non-hydrogen) atoms. The first-order valence-corrected chi connectivity index (χ1v) is 5.41. The molecular weight excluding hydrogens is 196 g/mol. The predicted molar refractivity (Wildman–Crippen MR) is 52.9 cm³/mol. The van der Waals surface area contributed by atoms with E-state index in [0.29, 0.717) is 0 Å². The van der Waals surface area contributed by atoms with Crippen LogP contribution in [0.4, 0.5) is 0 Å². The lowest BCUT2D eigenvalue weighted by atomic mass is 10.1. The number of nitrogens with one attached hydrogen (secondary N) is 1. The van der Waals surface area contributed by atoms with Gasteiger partial charge in [-0.25, -0.2) is 4.79 Å². The number of amides is 1. The Bertz CT molecular complexity index is 274. The molecule has 2 rings (SSSR count). The maximum absolute atomic E-state index is 11.7. The molecule has 2 saturated heterocycles. The van der Waals surface area contributed by atoms with Gasteiger partial charge in [0.1, 0.15) is 6.04 Å². The van der Waals surface area contributed by atoms with Crippen LogP contribution < -0.4 is 5.32 Å². The van der Waals surface area contributed by atoms with Gasteiger partial charge in [-0.05, 0) is 32.7 Å². The summed E-state index contributed by atoms with van der Waals surface area (Å²) in [5.41, 5.74) is 0. The van der Waals surface area contributed by atoms with E-state index < -0.39 is 6.04 Å². The van der Waals surface area contributed by atoms with Crippen molar-refractivity contribution in [3.8, 4) is 0 Å². The van der Waals surface area contributed by atoms with Crippen molar-refractivity contribution in [2.75, 3.05) is 13.2 Å². The molecule has 5 heteroatoms. The molecule has 0 aromatic carbocycles. The molecule has 2 heterocycles. The first-order chi connectivity index (χ1) is 7.20. The van der Waals surface area contributed by atoms with Crippen LogP contribution in [0.5, 0.6) is 0 Å². The molecule has 0 bridgehead atoms. The Morgan fingerprint density at radius 1 is 1.40 bits per heavy atom. The second kappa shape index (κ2) is 4.18. The highest BCUT2D eigenvalue weighted by atomic mass is 16.5. The molecule has 0 spiro atoms. The number of hydrogen-bond donors (Lipinski definition) is 1. The molecule has 0 aliphatic carbocycles. The summed E-state index contributed by atoms with van der Waals surface area (Å²) in [6.45, 7) is 2.52. The van der Waals surface area contributed by atoms with Crippen LogP contribution in [0.2, 0.25) is 0 Å². The Hall–Kier alpha value is -1.10. The van der Waals surface area contributed by atoms with Crippen molar-refractivity contribution in [3.05, 3.63) is 0 Å². The molecule has 1 amide bonds. The van der Waals surface area contributed by atoms with Crippen LogP contribution in [0.1, 0.15) is 26.2 Å². The van der Waals surface area contributed by atoms with E-state index in [1.54, 1.807) is 11.8 Å². The number of morpholine rings is 1. The lowest BCUT2D eigenvalue weighted by Gasteiger charge is -2.40. The molecule has 2 aliphatic heterocycles. The van der Waals surface area contributed by atoms with Crippen LogP contribution in [0.3, 0.4) is 0 Å². The zero-order valence-corrected chi connectivity index (χ0v) is 8.86. The Morgan fingerprint density at radius 2 is 2.20 bits per heavy atom. The molecule has 0 aromatic rings. The number of carbonyl (C=O) groups is 2. The van der Waals surface area contributed by atoms with Gasteiger partial charge in [0.15, 0.2) is 6.61 Å². The average molecular weight is 212 g/mol. The first kappa shape index (κ1) is 10.4. The fourth-order valence-corrected chi connectivity index (χ4v) is 2.17. The molecule has 84 valence electrons. The van der Waals surface area contributed by atoms with Gasteiger partial charge in [0.05, 0.1) is 6.17 Å². The van der Waals surface area contributed by atoms with Gasteiger partial charge in [-0.15, -0.1) is 0 Å². The molecule has 2 fully saturated rings. The molecule has 0 saturated carbocycles. The zero-order valence-electron chi connectivity index (χ0n) is 8.86. The number of cyclic esters (lactones) is 1. The van der Waals surface area contributed by atoms with Crippen LogP contribution in [-0.4, -0.2) is 42.1 Å². The summed E-state index contributed by atoms with van der Waals surface area (Å²) in [6, 6.07) is -0.457. The third kappa shape index (κ3) is 1.97. The lowest BCUT2D eigenvalue weighted by molar-refractivity contribution is -0.171. The van der Waals surface area contributed by atoms with Crippen molar-refractivity contribution in [2.45, 2.75) is 38.4 Å². The van der Waals surface area contributed by atoms with Gasteiger partial charge < -0.3 is 9.64 Å². The van der Waals surface area contributed by atoms with Crippen LogP contribution in [0.25, 0.3) is 0 Å². The van der Waals surface area contributed by atoms with E-state index in [1.165, 1.54) is 0 Å². The van der Waals surface area contributed by atoms with E-state index in [2.05, 4.69) is 5.32 Å². The maximum Gasteiger partial charge on any atom is 0.329 e. The van der Waals surface area contributed by atoms with E-state index in [1.807, 2.05) is 0 Å². The molecule has 2 aliphatic rings. The number of piperidine rings is 1. The van der Waals surface area contributed by atoms with Gasteiger partial charge in [-0.1, -0.05) is 0 Å². The van der Waals surface area contributed by atoms with Crippen LogP contribution in [0.15, 0.2) is 0 Å². The number of hydrogen-bond acceptors (Lipinski definition) is 4. The second-order valence-electron chi connectivity index (χ2n) is 4.05. The van der Waals surface area contributed by atoms with Gasteiger partial charge in [0.25, 0.3) is 5.91 Å². The molecular formula is C10H16N2O3. The normalized spacial score (nSPS) is 32.7. The third-order valence-electron chi connectivity index (χ3n) is 3.00. The zero-order chi connectivity index (χ0) is 10.8. The highest BCUT2D eigenvalue weighted by Gasteiger charge is 2.37. The summed E-state index contributed by atoms with van der Waals surface area (Å²) in [4.78, 5) is 24.6. The van der Waals surface area contributed by atoms with Gasteiger partial charge in [0, 0.05) is 0 Å². The first-order valence-electron chi connectivity index (χ1n) is 5.41. The largest absolute Gasteiger partial charge is 0.454 e. The summed E-state index contributed by atoms with van der Waals surface area (Å²) < 4.78 is 4.77. The van der Waals surface area contributed by atoms with Crippen LogP contribution in [-0.2, 0) is 14.3 Å². The van der Waals surface area contributed by atoms with Crippen molar-refractivity contribution in [1.82, 2.24) is 10.2 Å². The Labute approximate surface area is 88.8 Å². The average Bonchev–Trinajstić information content (AvgIpc) is 2.26. The van der Waals surface area contributed by atoms with Gasteiger partial charge in [-0.2, -0.15) is 0 Å². The van der Waals surface area contributed by atoms with E-state index in [0.717, 1.165) is 25.8 Å². The Balaban J connectivity index is 2.09. The minimum absolute atomic E-state index is 0.00843. The number of rotatable bonds is 1. The van der Waals surface area contributed by atoms with E-state index in [4.69, 9.17) is 4.74 Å². The molecule has 1 N–H and O–H groups in total. The lowest BCUT2D eigenvalue weighted by Crippen LogP contribution is -2.60. The summed E-state index contributed by atoms with van der Waals surface area (Å²) >= 11 is 0. The SMILES string of the molecule is CC1C(=O)OCC(=O)N1C1CCCCN1. The summed E-state index contributed by atoms with van der Waals surface area (Å²) in [6.07, 6.45) is 3.17. The van der Waals surface area contributed by atoms with E-state index in [9.17, 15) is 9.59 Å². The monoisotopic (exact) mass is 212 g/mol. The smallest absolute Gasteiger partial charge is 0.329 e. The molecule has 0 radical (unpaired) electrons. The quantitative estimate of drug-likeness (QED) is 0.615. The summed E-state index contributed by atoms with van der Waals surface area (Å²) in [7, 11) is 0. The number of nitrogens with zero attached hydrogens (tertiary/aromatic N) is 1. The Morgan fingerprint density at radius 3 is 2.87 bits per heavy atom. The fourth-order valence-electron chi connectivity index (χ4n) is 2.17. The molecule has 2 unspecified atom stereocenters. The standard InChI is InChI=1S/C10H16N2O3/c1-7-10(14)15-6-9(13)12(7)8-4-2-3-5-11-8/h7-8,11H,2-6H2,1H3. The highest BCUT2D eigenvalue weighted by molar-refractivity contribution is 5.90. The molecule has 5 nitrogen and oxygen atoms in total. The Kier molecular flexibility index (Phi) is 2.90. The van der Waals surface area contributed by atoms with Crippen molar-refractivity contribution in [2.24, 2.45) is 0 Å². The van der Waals surface area contributed by atoms with Gasteiger partial charge in [-0.3, -0.25) is 10.1 Å². The van der Waals surface area contributed by atoms with Crippen LogP contribution >= 0.6 is 0 Å². The van der Waals surface area contributed by atoms with Crippen molar-refractivity contribution >= 4 is 11.9 Å². The van der Waals surface area contributed by atoms with Crippen molar-refractivity contribution < 1.29 is 14.3 Å². The molecule has 0 aromatic heterocycles. The summed E-state index contributed by atoms with van der Waals surface area (Å²) in [5, 5.41) is 3.27. The summed E-state index contributed by atoms with van der Waals surface area (Å²) in [5.74, 6) is -0.400. The van der Waals surface area contributed by atoms with E-state index in [-0.39, 0.29) is 24.6 Å². The minimum atomic E-state index is -0.457. The van der Waals surface area contributed by atoms with Gasteiger partial charge >= 0.3 is 5.97 Å². The predicted octanol–water partition coefficient (Wildman–Crippen LogP) is -0.140. The van der Waals surface area contributed by atoms with Crippen molar-refractivity contribution in [3.63, 3.8) is 0 Å². The number of ether oxygens (including phenoxy) is 1.